The first-order valence-corrected chi connectivity index (χ1v) is 6.96. The smallest absolute Gasteiger partial charge is 0.345 e. The van der Waals surface area contributed by atoms with Crippen molar-refractivity contribution < 1.29 is 14.7 Å². The van der Waals surface area contributed by atoms with E-state index in [0.717, 1.165) is 22.5 Å². The van der Waals surface area contributed by atoms with E-state index in [0.29, 0.717) is 5.00 Å². The molecule has 2 rings (SSSR count). The molecule has 0 radical (unpaired) electrons. The van der Waals surface area contributed by atoms with Crippen LogP contribution in [-0.2, 0) is 11.2 Å². The number of hydrogen-bond acceptors (Lipinski definition) is 3. The highest BCUT2D eigenvalue weighted by Gasteiger charge is 2.10. The molecule has 0 atom stereocenters. The summed E-state index contributed by atoms with van der Waals surface area (Å²) in [5.74, 6) is -1.13. The quantitative estimate of drug-likeness (QED) is 0.908. The number of aryl methyl sites for hydroxylation is 2. The van der Waals surface area contributed by atoms with Gasteiger partial charge in [-0.2, -0.15) is 0 Å². The Morgan fingerprint density at radius 3 is 2.50 bits per heavy atom. The fourth-order valence-corrected chi connectivity index (χ4v) is 2.56. The molecular formula is C15H15NO3S. The number of carboxylic acid groups (broad SMARTS) is 1. The van der Waals surface area contributed by atoms with Crippen LogP contribution in [0.3, 0.4) is 0 Å². The average molecular weight is 289 g/mol. The standard InChI is InChI=1S/C15H15NO3S/c1-9-3-4-11(7-10(9)2)8-13(17)16-14-6-5-12(20-14)15(18)19/h3-7H,8H2,1-2H3,(H,16,17)(H,18,19). The second-order valence-electron chi connectivity index (χ2n) is 4.61. The van der Waals surface area contributed by atoms with Gasteiger partial charge in [-0.15, -0.1) is 11.3 Å². The molecule has 0 aliphatic rings. The highest BCUT2D eigenvalue weighted by molar-refractivity contribution is 7.18. The van der Waals surface area contributed by atoms with Crippen LogP contribution in [-0.4, -0.2) is 17.0 Å². The van der Waals surface area contributed by atoms with Crippen LogP contribution < -0.4 is 5.32 Å². The number of hydrogen-bond donors (Lipinski definition) is 2. The van der Waals surface area contributed by atoms with Gasteiger partial charge in [0.15, 0.2) is 0 Å². The molecule has 1 aromatic carbocycles. The number of rotatable bonds is 4. The maximum atomic E-state index is 11.9. The van der Waals surface area contributed by atoms with Gasteiger partial charge in [0.2, 0.25) is 5.91 Å². The lowest BCUT2D eigenvalue weighted by Gasteiger charge is -2.05. The van der Waals surface area contributed by atoms with Gasteiger partial charge in [0.25, 0.3) is 0 Å². The summed E-state index contributed by atoms with van der Waals surface area (Å²) in [5, 5.41) is 12.1. The molecule has 20 heavy (non-hydrogen) atoms. The van der Waals surface area contributed by atoms with Crippen molar-refractivity contribution in [3.8, 4) is 0 Å². The zero-order valence-electron chi connectivity index (χ0n) is 11.3. The third kappa shape index (κ3) is 3.45. The van der Waals surface area contributed by atoms with Gasteiger partial charge >= 0.3 is 5.97 Å². The monoisotopic (exact) mass is 289 g/mol. The molecule has 5 heteroatoms. The van der Waals surface area contributed by atoms with Gasteiger partial charge in [-0.05, 0) is 42.7 Å². The Hall–Kier alpha value is -2.14. The van der Waals surface area contributed by atoms with Gasteiger partial charge in [-0.3, -0.25) is 4.79 Å². The number of benzene rings is 1. The summed E-state index contributed by atoms with van der Waals surface area (Å²) in [6, 6.07) is 9.00. The van der Waals surface area contributed by atoms with Crippen molar-refractivity contribution in [1.82, 2.24) is 0 Å². The van der Waals surface area contributed by atoms with Crippen molar-refractivity contribution in [2.45, 2.75) is 20.3 Å². The van der Waals surface area contributed by atoms with E-state index in [1.54, 1.807) is 6.07 Å². The Labute approximate surface area is 121 Å². The molecule has 0 aliphatic carbocycles. The fourth-order valence-electron chi connectivity index (χ4n) is 1.80. The van der Waals surface area contributed by atoms with E-state index in [2.05, 4.69) is 5.32 Å². The van der Waals surface area contributed by atoms with Crippen LogP contribution in [0.5, 0.6) is 0 Å². The number of carboxylic acids is 1. The summed E-state index contributed by atoms with van der Waals surface area (Å²) in [5.41, 5.74) is 3.29. The highest BCUT2D eigenvalue weighted by Crippen LogP contribution is 2.22. The second kappa shape index (κ2) is 5.88. The van der Waals surface area contributed by atoms with Crippen LogP contribution in [0.4, 0.5) is 5.00 Å². The van der Waals surface area contributed by atoms with Gasteiger partial charge in [-0.1, -0.05) is 18.2 Å². The third-order valence-electron chi connectivity index (χ3n) is 3.02. The molecule has 104 valence electrons. The van der Waals surface area contributed by atoms with Crippen LogP contribution >= 0.6 is 11.3 Å². The predicted octanol–water partition coefficient (Wildman–Crippen LogP) is 3.24. The van der Waals surface area contributed by atoms with E-state index < -0.39 is 5.97 Å². The summed E-state index contributed by atoms with van der Waals surface area (Å²) < 4.78 is 0. The zero-order chi connectivity index (χ0) is 14.7. The molecule has 0 fully saturated rings. The number of carbonyl (C=O) groups excluding carboxylic acids is 1. The van der Waals surface area contributed by atoms with Gasteiger partial charge in [0.05, 0.1) is 11.4 Å². The van der Waals surface area contributed by atoms with Crippen LogP contribution in [0.1, 0.15) is 26.4 Å². The topological polar surface area (TPSA) is 66.4 Å². The molecule has 0 spiro atoms. The van der Waals surface area contributed by atoms with Crippen LogP contribution in [0.15, 0.2) is 30.3 Å². The summed E-state index contributed by atoms with van der Waals surface area (Å²) in [6.07, 6.45) is 0.279. The molecule has 2 aromatic rings. The maximum Gasteiger partial charge on any atom is 0.345 e. The Bertz CT molecular complexity index is 661. The van der Waals surface area contributed by atoms with Crippen molar-refractivity contribution in [1.29, 1.82) is 0 Å². The van der Waals surface area contributed by atoms with E-state index in [4.69, 9.17) is 5.11 Å². The zero-order valence-corrected chi connectivity index (χ0v) is 12.1. The van der Waals surface area contributed by atoms with Crippen molar-refractivity contribution in [3.63, 3.8) is 0 Å². The Morgan fingerprint density at radius 1 is 1.15 bits per heavy atom. The molecule has 0 bridgehead atoms. The minimum Gasteiger partial charge on any atom is -0.477 e. The van der Waals surface area contributed by atoms with Gasteiger partial charge in [0, 0.05) is 0 Å². The summed E-state index contributed by atoms with van der Waals surface area (Å²) in [6.45, 7) is 4.04. The van der Waals surface area contributed by atoms with Crippen molar-refractivity contribution in [2.75, 3.05) is 5.32 Å². The molecule has 2 N–H and O–H groups in total. The molecule has 0 saturated heterocycles. The first-order valence-electron chi connectivity index (χ1n) is 6.15. The molecule has 1 heterocycles. The van der Waals surface area contributed by atoms with Crippen molar-refractivity contribution >= 4 is 28.2 Å². The Kier molecular flexibility index (Phi) is 4.20. The lowest BCUT2D eigenvalue weighted by Crippen LogP contribution is -2.13. The number of aromatic carboxylic acids is 1. The molecule has 4 nitrogen and oxygen atoms in total. The minimum atomic E-state index is -0.982. The third-order valence-corrected chi connectivity index (χ3v) is 4.00. The first-order chi connectivity index (χ1) is 9.45. The SMILES string of the molecule is Cc1ccc(CC(=O)Nc2ccc(C(=O)O)s2)cc1C. The van der Waals surface area contributed by atoms with E-state index in [9.17, 15) is 9.59 Å². The summed E-state index contributed by atoms with van der Waals surface area (Å²) in [4.78, 5) is 22.9. The van der Waals surface area contributed by atoms with Crippen LogP contribution in [0.2, 0.25) is 0 Å². The second-order valence-corrected chi connectivity index (χ2v) is 5.70. The van der Waals surface area contributed by atoms with Crippen LogP contribution in [0.25, 0.3) is 0 Å². The van der Waals surface area contributed by atoms with Crippen molar-refractivity contribution in [3.05, 3.63) is 51.9 Å². The van der Waals surface area contributed by atoms with Gasteiger partial charge in [0.1, 0.15) is 4.88 Å². The maximum absolute atomic E-state index is 11.9. The predicted molar refractivity (Wildman–Crippen MR) is 79.5 cm³/mol. The molecular weight excluding hydrogens is 274 g/mol. The van der Waals surface area contributed by atoms with Gasteiger partial charge in [-0.25, -0.2) is 4.79 Å². The molecule has 1 amide bonds. The van der Waals surface area contributed by atoms with E-state index in [-0.39, 0.29) is 17.2 Å². The number of amides is 1. The number of anilines is 1. The normalized spacial score (nSPS) is 10.3. The molecule has 0 saturated carbocycles. The van der Waals surface area contributed by atoms with E-state index >= 15 is 0 Å². The van der Waals surface area contributed by atoms with Crippen LogP contribution in [0, 0.1) is 13.8 Å². The number of carbonyl (C=O) groups is 2. The number of thiophene rings is 1. The Balaban J connectivity index is 2.01. The Morgan fingerprint density at radius 2 is 1.90 bits per heavy atom. The fraction of sp³-hybridized carbons (Fsp3) is 0.200. The number of nitrogens with one attached hydrogen (secondary N) is 1. The van der Waals surface area contributed by atoms with E-state index in [1.807, 2.05) is 32.0 Å². The largest absolute Gasteiger partial charge is 0.477 e. The van der Waals surface area contributed by atoms with E-state index in [1.165, 1.54) is 11.6 Å². The lowest BCUT2D eigenvalue weighted by atomic mass is 10.0. The average Bonchev–Trinajstić information content (AvgIpc) is 2.82. The summed E-state index contributed by atoms with van der Waals surface area (Å²) >= 11 is 1.05. The summed E-state index contributed by atoms with van der Waals surface area (Å²) in [7, 11) is 0. The molecule has 0 aliphatic heterocycles. The van der Waals surface area contributed by atoms with Crippen molar-refractivity contribution in [2.24, 2.45) is 0 Å². The minimum absolute atomic E-state index is 0.146. The first kappa shape index (κ1) is 14.3. The van der Waals surface area contributed by atoms with Gasteiger partial charge < -0.3 is 10.4 Å². The lowest BCUT2D eigenvalue weighted by molar-refractivity contribution is -0.115. The molecule has 0 unspecified atom stereocenters. The molecule has 1 aromatic heterocycles. The highest BCUT2D eigenvalue weighted by atomic mass is 32.1.